The average molecular weight is 330 g/mol. The molecule has 1 fully saturated rings. The maximum Gasteiger partial charge on any atom is 0.137 e. The highest BCUT2D eigenvalue weighted by Gasteiger charge is 2.51. The van der Waals surface area contributed by atoms with Crippen molar-refractivity contribution < 1.29 is 9.50 Å². The number of rotatable bonds is 3. The molecule has 2 unspecified atom stereocenters. The Balaban J connectivity index is 2.32. The van der Waals surface area contributed by atoms with Crippen LogP contribution in [0.2, 0.25) is 0 Å². The van der Waals surface area contributed by atoms with Gasteiger partial charge in [-0.3, -0.25) is 0 Å². The topological polar surface area (TPSA) is 46.2 Å². The molecule has 1 aromatic rings. The zero-order valence-corrected chi connectivity index (χ0v) is 13.0. The summed E-state index contributed by atoms with van der Waals surface area (Å²) < 4.78 is 14.1. The minimum atomic E-state index is -0.458. The second-order valence-corrected chi connectivity index (χ2v) is 7.14. The molecule has 2 atom stereocenters. The predicted molar refractivity (Wildman–Crippen MR) is 78.3 cm³/mol. The molecule has 0 amide bonds. The van der Waals surface area contributed by atoms with Gasteiger partial charge in [0.25, 0.3) is 0 Å². The highest BCUT2D eigenvalue weighted by atomic mass is 79.9. The summed E-state index contributed by atoms with van der Waals surface area (Å²) in [4.78, 5) is 0. The van der Waals surface area contributed by atoms with Crippen molar-refractivity contribution in [2.75, 3.05) is 6.54 Å². The summed E-state index contributed by atoms with van der Waals surface area (Å²) >= 11 is 3.29. The molecule has 0 aliphatic heterocycles. The first-order valence-electron chi connectivity index (χ1n) is 6.63. The minimum Gasteiger partial charge on any atom is -0.392 e. The second kappa shape index (κ2) is 5.15. The van der Waals surface area contributed by atoms with Crippen LogP contribution in [0.5, 0.6) is 0 Å². The molecule has 19 heavy (non-hydrogen) atoms. The van der Waals surface area contributed by atoms with Crippen LogP contribution in [0.15, 0.2) is 22.7 Å². The van der Waals surface area contributed by atoms with E-state index in [4.69, 9.17) is 5.73 Å². The van der Waals surface area contributed by atoms with Gasteiger partial charge in [0.15, 0.2) is 0 Å². The van der Waals surface area contributed by atoms with Crippen molar-refractivity contribution in [3.63, 3.8) is 0 Å². The van der Waals surface area contributed by atoms with Crippen LogP contribution in [0.25, 0.3) is 0 Å². The van der Waals surface area contributed by atoms with Crippen LogP contribution >= 0.6 is 15.9 Å². The lowest BCUT2D eigenvalue weighted by Gasteiger charge is -2.36. The van der Waals surface area contributed by atoms with E-state index in [2.05, 4.69) is 29.8 Å². The van der Waals surface area contributed by atoms with Gasteiger partial charge in [-0.15, -0.1) is 0 Å². The molecule has 2 nitrogen and oxygen atoms in total. The van der Waals surface area contributed by atoms with Crippen LogP contribution in [0.3, 0.4) is 0 Å². The maximum atomic E-state index is 13.6. The third-order valence-corrected chi connectivity index (χ3v) is 5.46. The summed E-state index contributed by atoms with van der Waals surface area (Å²) in [6, 6.07) is 5.02. The summed E-state index contributed by atoms with van der Waals surface area (Å²) in [5.74, 6) is -0.267. The van der Waals surface area contributed by atoms with Crippen LogP contribution in [0.1, 0.15) is 32.3 Å². The van der Waals surface area contributed by atoms with Crippen LogP contribution in [-0.4, -0.2) is 17.8 Å². The van der Waals surface area contributed by atoms with Crippen molar-refractivity contribution in [1.29, 1.82) is 0 Å². The fourth-order valence-electron chi connectivity index (χ4n) is 3.21. The molecule has 3 N–H and O–H groups in total. The lowest BCUT2D eigenvalue weighted by atomic mass is 9.74. The van der Waals surface area contributed by atoms with Crippen LogP contribution in [-0.2, 0) is 6.42 Å². The Morgan fingerprint density at radius 1 is 1.42 bits per heavy atom. The number of hydrogen-bond acceptors (Lipinski definition) is 2. The highest BCUT2D eigenvalue weighted by Crippen LogP contribution is 2.50. The predicted octanol–water partition coefficient (Wildman–Crippen LogP) is 3.26. The monoisotopic (exact) mass is 329 g/mol. The smallest absolute Gasteiger partial charge is 0.137 e. The standard InChI is InChI=1S/C15H21BrFNO/c1-14(2)6-7-15(9-18,13(14)19)8-10-4-3-5-11(17)12(10)16/h3-5,13,19H,6-9,18H2,1-2H3. The third kappa shape index (κ3) is 2.58. The van der Waals surface area contributed by atoms with Crippen LogP contribution in [0.4, 0.5) is 4.39 Å². The van der Waals surface area contributed by atoms with Gasteiger partial charge in [0, 0.05) is 12.0 Å². The lowest BCUT2D eigenvalue weighted by Crippen LogP contribution is -2.44. The minimum absolute atomic E-state index is 0.126. The number of halogens is 2. The third-order valence-electron chi connectivity index (χ3n) is 4.57. The molecule has 1 aromatic carbocycles. The molecular formula is C15H21BrFNO. The number of aliphatic hydroxyl groups excluding tert-OH is 1. The Hall–Kier alpha value is -0.450. The largest absolute Gasteiger partial charge is 0.392 e. The summed E-state index contributed by atoms with van der Waals surface area (Å²) in [5, 5.41) is 10.6. The summed E-state index contributed by atoms with van der Waals surface area (Å²) in [6.07, 6.45) is 1.96. The van der Waals surface area contributed by atoms with Gasteiger partial charge >= 0.3 is 0 Å². The van der Waals surface area contributed by atoms with Crippen molar-refractivity contribution in [2.24, 2.45) is 16.6 Å². The van der Waals surface area contributed by atoms with Gasteiger partial charge in [0.2, 0.25) is 0 Å². The number of aliphatic hydroxyl groups is 1. The van der Waals surface area contributed by atoms with Crippen LogP contribution in [0, 0.1) is 16.6 Å². The average Bonchev–Trinajstić information content (AvgIpc) is 2.60. The molecule has 1 aliphatic rings. The van der Waals surface area contributed by atoms with E-state index in [0.29, 0.717) is 17.4 Å². The molecule has 0 spiro atoms. The molecule has 0 radical (unpaired) electrons. The summed E-state index contributed by atoms with van der Waals surface area (Å²) in [7, 11) is 0. The molecule has 4 heteroatoms. The van der Waals surface area contributed by atoms with Gasteiger partial charge in [-0.05, 0) is 52.2 Å². The molecule has 2 rings (SSSR count). The highest BCUT2D eigenvalue weighted by molar-refractivity contribution is 9.10. The van der Waals surface area contributed by atoms with Crippen LogP contribution < -0.4 is 5.73 Å². The van der Waals surface area contributed by atoms with E-state index in [0.717, 1.165) is 18.4 Å². The van der Waals surface area contributed by atoms with E-state index in [1.54, 1.807) is 6.07 Å². The Kier molecular flexibility index (Phi) is 4.05. The van der Waals surface area contributed by atoms with Gasteiger partial charge in [-0.2, -0.15) is 0 Å². The molecule has 0 aromatic heterocycles. The molecule has 1 saturated carbocycles. The Bertz CT molecular complexity index is 477. The molecular weight excluding hydrogens is 309 g/mol. The Morgan fingerprint density at radius 2 is 2.11 bits per heavy atom. The second-order valence-electron chi connectivity index (χ2n) is 6.35. The summed E-state index contributed by atoms with van der Waals surface area (Å²) in [5.41, 5.74) is 6.35. The fraction of sp³-hybridized carbons (Fsp3) is 0.600. The zero-order valence-electron chi connectivity index (χ0n) is 11.4. The zero-order chi connectivity index (χ0) is 14.3. The number of hydrogen-bond donors (Lipinski definition) is 2. The van der Waals surface area contributed by atoms with E-state index < -0.39 is 6.10 Å². The first-order chi connectivity index (χ1) is 8.82. The van der Waals surface area contributed by atoms with Crippen molar-refractivity contribution in [3.05, 3.63) is 34.1 Å². The van der Waals surface area contributed by atoms with E-state index in [1.807, 2.05) is 6.07 Å². The Morgan fingerprint density at radius 3 is 2.63 bits per heavy atom. The first-order valence-corrected chi connectivity index (χ1v) is 7.43. The molecule has 0 bridgehead atoms. The Labute approximate surface area is 122 Å². The van der Waals surface area contributed by atoms with Gasteiger partial charge < -0.3 is 10.8 Å². The SMILES string of the molecule is CC1(C)CCC(CN)(Cc2cccc(F)c2Br)C1O. The van der Waals surface area contributed by atoms with E-state index in [1.165, 1.54) is 6.07 Å². The number of benzene rings is 1. The first kappa shape index (κ1) is 14.9. The molecule has 0 heterocycles. The van der Waals surface area contributed by atoms with Crippen molar-refractivity contribution in [2.45, 2.75) is 39.2 Å². The fourth-order valence-corrected chi connectivity index (χ4v) is 3.61. The van der Waals surface area contributed by atoms with Gasteiger partial charge in [0.1, 0.15) is 5.82 Å². The normalized spacial score (nSPS) is 29.7. The summed E-state index contributed by atoms with van der Waals surface area (Å²) in [6.45, 7) is 4.55. The quantitative estimate of drug-likeness (QED) is 0.894. The van der Waals surface area contributed by atoms with E-state index >= 15 is 0 Å². The van der Waals surface area contributed by atoms with Crippen molar-refractivity contribution >= 4 is 15.9 Å². The maximum absolute atomic E-state index is 13.6. The molecule has 1 aliphatic carbocycles. The van der Waals surface area contributed by atoms with Crippen molar-refractivity contribution in [1.82, 2.24) is 0 Å². The molecule has 0 saturated heterocycles. The van der Waals surface area contributed by atoms with Gasteiger partial charge in [0.05, 0.1) is 10.6 Å². The number of nitrogens with two attached hydrogens (primary N) is 1. The van der Waals surface area contributed by atoms with E-state index in [-0.39, 0.29) is 16.6 Å². The van der Waals surface area contributed by atoms with E-state index in [9.17, 15) is 9.50 Å². The van der Waals surface area contributed by atoms with Gasteiger partial charge in [-0.1, -0.05) is 26.0 Å². The molecule has 106 valence electrons. The van der Waals surface area contributed by atoms with Crippen molar-refractivity contribution in [3.8, 4) is 0 Å². The van der Waals surface area contributed by atoms with Gasteiger partial charge in [-0.25, -0.2) is 4.39 Å². The lowest BCUT2D eigenvalue weighted by molar-refractivity contribution is -0.00474.